The monoisotopic (exact) mass is 304 g/mol. The number of ether oxygens (including phenoxy) is 1. The molecule has 2 aromatic rings. The topological polar surface area (TPSA) is 46.7 Å². The van der Waals surface area contributed by atoms with Crippen molar-refractivity contribution in [2.45, 2.75) is 36.2 Å². The number of hydrogen-bond donors (Lipinski definition) is 0. The van der Waals surface area contributed by atoms with Gasteiger partial charge in [0.2, 0.25) is 9.84 Å². The zero-order chi connectivity index (χ0) is 15.3. The third-order valence-electron chi connectivity index (χ3n) is 3.15. The molecule has 1 fully saturated rings. The zero-order valence-electron chi connectivity index (χ0n) is 12.3. The minimum Gasteiger partial charge on any atom is -0.373 e. The largest absolute Gasteiger partial charge is 0.373 e. The molecule has 21 heavy (non-hydrogen) atoms. The Morgan fingerprint density at radius 2 is 1.48 bits per heavy atom. The maximum Gasteiger partial charge on any atom is 0.206 e. The quantitative estimate of drug-likeness (QED) is 0.812. The third kappa shape index (κ3) is 3.93. The predicted molar refractivity (Wildman–Crippen MR) is 83.1 cm³/mol. The molecule has 1 unspecified atom stereocenters. The first-order valence-corrected chi connectivity index (χ1v) is 8.65. The summed E-state index contributed by atoms with van der Waals surface area (Å²) in [7, 11) is -3.40. The molecule has 3 rings (SSSR count). The highest BCUT2D eigenvalue weighted by Crippen LogP contribution is 2.22. The Bertz CT molecular complexity index is 657. The average molecular weight is 304 g/mol. The summed E-state index contributed by atoms with van der Waals surface area (Å²) in [5, 5.41) is 0. The summed E-state index contributed by atoms with van der Waals surface area (Å²) in [6.45, 7) is 4.81. The van der Waals surface area contributed by atoms with Crippen molar-refractivity contribution in [3.05, 3.63) is 60.2 Å². The highest BCUT2D eigenvalue weighted by molar-refractivity contribution is 7.91. The molecule has 0 spiro atoms. The molecule has 1 aliphatic heterocycles. The summed E-state index contributed by atoms with van der Waals surface area (Å²) in [5.74, 6) is 0. The second-order valence-electron chi connectivity index (χ2n) is 4.62. The van der Waals surface area contributed by atoms with Crippen molar-refractivity contribution in [1.29, 1.82) is 0 Å². The fraction of sp³-hybridized carbons (Fsp3) is 0.294. The number of epoxide rings is 1. The van der Waals surface area contributed by atoms with Crippen LogP contribution in [0.1, 0.15) is 19.4 Å². The van der Waals surface area contributed by atoms with Crippen molar-refractivity contribution in [1.82, 2.24) is 0 Å². The molecule has 2 aromatic carbocycles. The van der Waals surface area contributed by atoms with E-state index in [4.69, 9.17) is 4.74 Å². The molecule has 0 radical (unpaired) electrons. The van der Waals surface area contributed by atoms with Gasteiger partial charge in [0.1, 0.15) is 0 Å². The predicted octanol–water partition coefficient (Wildman–Crippen LogP) is 3.49. The van der Waals surface area contributed by atoms with Crippen LogP contribution in [0, 0.1) is 0 Å². The highest BCUT2D eigenvalue weighted by atomic mass is 32.2. The lowest BCUT2D eigenvalue weighted by Crippen LogP contribution is -2.02. The lowest BCUT2D eigenvalue weighted by molar-refractivity contribution is 0.407. The smallest absolute Gasteiger partial charge is 0.206 e. The minimum atomic E-state index is -3.40. The second kappa shape index (κ2) is 6.87. The van der Waals surface area contributed by atoms with Crippen molar-refractivity contribution in [3.63, 3.8) is 0 Å². The summed E-state index contributed by atoms with van der Waals surface area (Å²) in [4.78, 5) is 0.660. The summed E-state index contributed by atoms with van der Waals surface area (Å²) < 4.78 is 29.9. The highest BCUT2D eigenvalue weighted by Gasteiger charge is 2.23. The van der Waals surface area contributed by atoms with Gasteiger partial charge in [0.15, 0.2) is 0 Å². The number of sulfone groups is 1. The lowest BCUT2D eigenvalue weighted by atomic mass is 10.1. The SMILES string of the molecule is CC.O=S(=O)(c1ccccc1)c1ccc(CC2CO2)cc1. The summed E-state index contributed by atoms with van der Waals surface area (Å²) in [5.41, 5.74) is 1.11. The second-order valence-corrected chi connectivity index (χ2v) is 6.57. The first-order valence-electron chi connectivity index (χ1n) is 7.17. The number of benzene rings is 2. The van der Waals surface area contributed by atoms with Gasteiger partial charge in [-0.15, -0.1) is 0 Å². The van der Waals surface area contributed by atoms with Crippen molar-refractivity contribution < 1.29 is 13.2 Å². The molecular weight excluding hydrogens is 284 g/mol. The van der Waals surface area contributed by atoms with Crippen molar-refractivity contribution in [2.24, 2.45) is 0 Å². The molecular formula is C17H20O3S. The first-order chi connectivity index (χ1) is 10.2. The van der Waals surface area contributed by atoms with Crippen LogP contribution in [-0.4, -0.2) is 21.1 Å². The Hall–Kier alpha value is -1.65. The van der Waals surface area contributed by atoms with Crippen LogP contribution in [-0.2, 0) is 21.0 Å². The maximum absolute atomic E-state index is 12.4. The van der Waals surface area contributed by atoms with Crippen LogP contribution in [0.3, 0.4) is 0 Å². The van der Waals surface area contributed by atoms with Gasteiger partial charge >= 0.3 is 0 Å². The van der Waals surface area contributed by atoms with Crippen LogP contribution in [0.2, 0.25) is 0 Å². The van der Waals surface area contributed by atoms with Crippen molar-refractivity contribution >= 4 is 9.84 Å². The van der Waals surface area contributed by atoms with Gasteiger partial charge in [0.25, 0.3) is 0 Å². The van der Waals surface area contributed by atoms with Gasteiger partial charge in [0, 0.05) is 6.42 Å². The molecule has 1 aliphatic rings. The first kappa shape index (κ1) is 15.7. The summed E-state index contributed by atoms with van der Waals surface area (Å²) >= 11 is 0. The molecule has 1 heterocycles. The standard InChI is InChI=1S/C15H14O3S.C2H6/c16-19(17,14-4-2-1-3-5-14)15-8-6-12(7-9-15)10-13-11-18-13;1-2/h1-9,13H,10-11H2;1-2H3. The van der Waals surface area contributed by atoms with E-state index in [9.17, 15) is 8.42 Å². The zero-order valence-corrected chi connectivity index (χ0v) is 13.1. The number of rotatable bonds is 4. The van der Waals surface area contributed by atoms with E-state index in [0.717, 1.165) is 18.6 Å². The van der Waals surface area contributed by atoms with Crippen molar-refractivity contribution in [2.75, 3.05) is 6.61 Å². The molecule has 4 heteroatoms. The Labute approximate surface area is 126 Å². The maximum atomic E-state index is 12.4. The van der Waals surface area contributed by atoms with Gasteiger partial charge in [0.05, 0.1) is 22.5 Å². The van der Waals surface area contributed by atoms with Crippen LogP contribution in [0.25, 0.3) is 0 Å². The molecule has 0 aliphatic carbocycles. The molecule has 0 aromatic heterocycles. The van der Waals surface area contributed by atoms with Crippen LogP contribution >= 0.6 is 0 Å². The molecule has 112 valence electrons. The van der Waals surface area contributed by atoms with E-state index >= 15 is 0 Å². The minimum absolute atomic E-state index is 0.316. The molecule has 0 saturated carbocycles. The van der Waals surface area contributed by atoms with E-state index in [1.54, 1.807) is 42.5 Å². The Balaban J connectivity index is 0.000000774. The van der Waals surface area contributed by atoms with Gasteiger partial charge in [-0.05, 0) is 29.8 Å². The third-order valence-corrected chi connectivity index (χ3v) is 4.94. The van der Waals surface area contributed by atoms with Gasteiger partial charge in [-0.25, -0.2) is 8.42 Å². The summed E-state index contributed by atoms with van der Waals surface area (Å²) in [6.07, 6.45) is 1.17. The van der Waals surface area contributed by atoms with Gasteiger partial charge in [-0.1, -0.05) is 44.2 Å². The van der Waals surface area contributed by atoms with Crippen LogP contribution in [0.4, 0.5) is 0 Å². The Morgan fingerprint density at radius 1 is 0.952 bits per heavy atom. The van der Waals surface area contributed by atoms with E-state index in [1.165, 1.54) is 0 Å². The van der Waals surface area contributed by atoms with Crippen LogP contribution in [0.15, 0.2) is 64.4 Å². The van der Waals surface area contributed by atoms with Gasteiger partial charge in [-0.2, -0.15) is 0 Å². The van der Waals surface area contributed by atoms with E-state index < -0.39 is 9.84 Å². The Morgan fingerprint density at radius 3 is 2.00 bits per heavy atom. The van der Waals surface area contributed by atoms with E-state index in [2.05, 4.69) is 0 Å². The fourth-order valence-electron chi connectivity index (χ4n) is 1.99. The molecule has 1 saturated heterocycles. The molecule has 0 bridgehead atoms. The van der Waals surface area contributed by atoms with Crippen molar-refractivity contribution in [3.8, 4) is 0 Å². The normalized spacial score (nSPS) is 16.8. The molecule has 3 nitrogen and oxygen atoms in total. The summed E-state index contributed by atoms with van der Waals surface area (Å²) in [6, 6.07) is 15.5. The molecule has 1 atom stereocenters. The van der Waals surface area contributed by atoms with E-state index in [1.807, 2.05) is 26.0 Å². The molecule has 0 amide bonds. The molecule has 0 N–H and O–H groups in total. The average Bonchev–Trinajstić information content (AvgIpc) is 3.35. The number of hydrogen-bond acceptors (Lipinski definition) is 3. The van der Waals surface area contributed by atoms with E-state index in [-0.39, 0.29) is 0 Å². The van der Waals surface area contributed by atoms with E-state index in [0.29, 0.717) is 15.9 Å². The van der Waals surface area contributed by atoms with Gasteiger partial charge < -0.3 is 4.74 Å². The lowest BCUT2D eigenvalue weighted by Gasteiger charge is -2.05. The van der Waals surface area contributed by atoms with Crippen LogP contribution < -0.4 is 0 Å². The van der Waals surface area contributed by atoms with Crippen LogP contribution in [0.5, 0.6) is 0 Å². The fourth-order valence-corrected chi connectivity index (χ4v) is 3.27. The Kier molecular flexibility index (Phi) is 5.15. The van der Waals surface area contributed by atoms with Gasteiger partial charge in [-0.3, -0.25) is 0 Å².